The number of carbonyl (C=O) groups is 1. The van der Waals surface area contributed by atoms with Gasteiger partial charge in [0.15, 0.2) is 5.13 Å². The third kappa shape index (κ3) is 4.04. The summed E-state index contributed by atoms with van der Waals surface area (Å²) in [6.07, 6.45) is 5.53. The van der Waals surface area contributed by atoms with Crippen LogP contribution in [0.2, 0.25) is 0 Å². The van der Waals surface area contributed by atoms with Crippen LogP contribution in [0, 0.1) is 0 Å². The third-order valence-electron chi connectivity index (χ3n) is 4.17. The van der Waals surface area contributed by atoms with Gasteiger partial charge in [-0.05, 0) is 37.5 Å². The molecule has 4 nitrogen and oxygen atoms in total. The Morgan fingerprint density at radius 3 is 2.96 bits per heavy atom. The lowest BCUT2D eigenvalue weighted by molar-refractivity contribution is -0.115. The number of alkyl halides is 1. The van der Waals surface area contributed by atoms with E-state index in [-0.39, 0.29) is 10.7 Å². The summed E-state index contributed by atoms with van der Waals surface area (Å²) in [5, 5.41) is 3.62. The Balaban J connectivity index is 1.71. The van der Waals surface area contributed by atoms with Crippen molar-refractivity contribution in [1.82, 2.24) is 4.98 Å². The number of amides is 1. The van der Waals surface area contributed by atoms with Gasteiger partial charge in [0.1, 0.15) is 0 Å². The molecule has 1 aromatic heterocycles. The number of unbranched alkanes of at least 4 members (excludes halogenated alkanes) is 1. The van der Waals surface area contributed by atoms with Gasteiger partial charge in [-0.2, -0.15) is 0 Å². The average molecular weight is 396 g/mol. The molecule has 3 rings (SSSR count). The Hall–Kier alpha value is -1.14. The molecule has 124 valence electrons. The first-order chi connectivity index (χ1) is 11.2. The lowest BCUT2D eigenvalue weighted by atomic mass is 10.2. The number of nitrogens with zero attached hydrogens (tertiary/aromatic N) is 2. The molecule has 0 radical (unpaired) electrons. The monoisotopic (exact) mass is 395 g/mol. The number of fused-ring (bicyclic) bond motifs is 1. The maximum atomic E-state index is 12.2. The van der Waals surface area contributed by atoms with Crippen molar-refractivity contribution in [2.75, 3.05) is 23.3 Å². The first-order valence-corrected chi connectivity index (χ1v) is 10.0. The predicted octanol–water partition coefficient (Wildman–Crippen LogP) is 4.79. The van der Waals surface area contributed by atoms with Crippen LogP contribution < -0.4 is 10.2 Å². The Labute approximate surface area is 149 Å². The van der Waals surface area contributed by atoms with Crippen molar-refractivity contribution in [3.8, 4) is 0 Å². The largest absolute Gasteiger partial charge is 0.371 e. The van der Waals surface area contributed by atoms with E-state index < -0.39 is 0 Å². The molecular formula is C17H22BrN3OS. The number of rotatable bonds is 6. The van der Waals surface area contributed by atoms with Crippen molar-refractivity contribution < 1.29 is 4.79 Å². The standard InChI is InChI=1S/C17H22BrN3OS/c1-2-3-6-13(18)16(22)20-17-19-14-8-7-12(11-15(14)23-17)21-9-4-5-10-21/h7-8,11,13H,2-6,9-10H2,1H3,(H,19,20,22). The molecule has 1 N–H and O–H groups in total. The van der Waals surface area contributed by atoms with Gasteiger partial charge < -0.3 is 10.2 Å². The number of halogens is 1. The van der Waals surface area contributed by atoms with E-state index in [1.807, 2.05) is 0 Å². The average Bonchev–Trinajstić information content (AvgIpc) is 3.20. The van der Waals surface area contributed by atoms with Crippen LogP contribution in [0.5, 0.6) is 0 Å². The Morgan fingerprint density at radius 2 is 2.22 bits per heavy atom. The molecule has 1 unspecified atom stereocenters. The van der Waals surface area contributed by atoms with Crippen molar-refractivity contribution in [3.63, 3.8) is 0 Å². The van der Waals surface area contributed by atoms with Gasteiger partial charge in [-0.15, -0.1) is 0 Å². The van der Waals surface area contributed by atoms with Gasteiger partial charge in [-0.1, -0.05) is 47.0 Å². The van der Waals surface area contributed by atoms with Crippen LogP contribution in [0.25, 0.3) is 10.2 Å². The topological polar surface area (TPSA) is 45.2 Å². The molecule has 1 atom stereocenters. The highest BCUT2D eigenvalue weighted by Crippen LogP contribution is 2.31. The molecule has 1 saturated heterocycles. The quantitative estimate of drug-likeness (QED) is 0.715. The Morgan fingerprint density at radius 1 is 1.43 bits per heavy atom. The van der Waals surface area contributed by atoms with Crippen LogP contribution in [0.15, 0.2) is 18.2 Å². The zero-order valence-corrected chi connectivity index (χ0v) is 15.8. The summed E-state index contributed by atoms with van der Waals surface area (Å²) >= 11 is 5.01. The van der Waals surface area contributed by atoms with E-state index in [0.717, 1.165) is 42.6 Å². The second-order valence-corrected chi connectivity index (χ2v) is 8.10. The van der Waals surface area contributed by atoms with Gasteiger partial charge in [-0.25, -0.2) is 4.98 Å². The van der Waals surface area contributed by atoms with E-state index >= 15 is 0 Å². The van der Waals surface area contributed by atoms with Crippen LogP contribution in [0.1, 0.15) is 39.0 Å². The zero-order valence-electron chi connectivity index (χ0n) is 13.3. The minimum atomic E-state index is -0.144. The number of hydrogen-bond acceptors (Lipinski definition) is 4. The maximum absolute atomic E-state index is 12.2. The van der Waals surface area contributed by atoms with Gasteiger partial charge >= 0.3 is 0 Å². The van der Waals surface area contributed by atoms with E-state index in [2.05, 4.69) is 56.3 Å². The number of hydrogen-bond donors (Lipinski definition) is 1. The van der Waals surface area contributed by atoms with Crippen molar-refractivity contribution in [2.45, 2.75) is 43.9 Å². The van der Waals surface area contributed by atoms with Crippen LogP contribution in [-0.4, -0.2) is 28.8 Å². The molecule has 0 saturated carbocycles. The molecule has 1 aromatic carbocycles. The molecule has 1 aliphatic heterocycles. The molecule has 1 fully saturated rings. The lowest BCUT2D eigenvalue weighted by Gasteiger charge is -2.16. The number of anilines is 2. The summed E-state index contributed by atoms with van der Waals surface area (Å²) in [5.74, 6) is -0.00253. The molecule has 23 heavy (non-hydrogen) atoms. The first kappa shape index (κ1) is 16.7. The van der Waals surface area contributed by atoms with Crippen LogP contribution in [0.4, 0.5) is 10.8 Å². The maximum Gasteiger partial charge on any atom is 0.239 e. The van der Waals surface area contributed by atoms with Crippen LogP contribution >= 0.6 is 27.3 Å². The Bertz CT molecular complexity index is 682. The second-order valence-electron chi connectivity index (χ2n) is 5.96. The molecule has 0 spiro atoms. The van der Waals surface area contributed by atoms with Crippen LogP contribution in [0.3, 0.4) is 0 Å². The smallest absolute Gasteiger partial charge is 0.239 e. The number of thiazole rings is 1. The highest BCUT2D eigenvalue weighted by molar-refractivity contribution is 9.10. The van der Waals surface area contributed by atoms with E-state index in [1.165, 1.54) is 18.5 Å². The molecule has 2 heterocycles. The van der Waals surface area contributed by atoms with Crippen molar-refractivity contribution in [2.24, 2.45) is 0 Å². The highest BCUT2D eigenvalue weighted by Gasteiger charge is 2.17. The van der Waals surface area contributed by atoms with E-state index in [0.29, 0.717) is 5.13 Å². The van der Waals surface area contributed by atoms with Crippen molar-refractivity contribution >= 4 is 54.2 Å². The van der Waals surface area contributed by atoms with E-state index in [4.69, 9.17) is 0 Å². The number of benzene rings is 1. The SMILES string of the molecule is CCCCC(Br)C(=O)Nc1nc2ccc(N3CCCC3)cc2s1. The zero-order chi connectivity index (χ0) is 16.2. The number of carbonyl (C=O) groups excluding carboxylic acids is 1. The number of nitrogens with one attached hydrogen (secondary N) is 1. The summed E-state index contributed by atoms with van der Waals surface area (Å²) in [6.45, 7) is 4.40. The molecular weight excluding hydrogens is 374 g/mol. The summed E-state index contributed by atoms with van der Waals surface area (Å²) < 4.78 is 1.13. The highest BCUT2D eigenvalue weighted by atomic mass is 79.9. The Kier molecular flexibility index (Phi) is 5.54. The predicted molar refractivity (Wildman–Crippen MR) is 102 cm³/mol. The van der Waals surface area contributed by atoms with Gasteiger partial charge in [-0.3, -0.25) is 4.79 Å². The van der Waals surface area contributed by atoms with Crippen LogP contribution in [-0.2, 0) is 4.79 Å². The van der Waals surface area contributed by atoms with Crippen molar-refractivity contribution in [1.29, 1.82) is 0 Å². The third-order valence-corrected chi connectivity index (χ3v) is 5.98. The molecule has 2 aromatic rings. The normalized spacial score (nSPS) is 16.0. The second kappa shape index (κ2) is 7.62. The minimum absolute atomic E-state index is 0.00253. The molecule has 1 aliphatic rings. The summed E-state index contributed by atoms with van der Waals surface area (Å²) in [6, 6.07) is 6.38. The number of aromatic nitrogens is 1. The van der Waals surface area contributed by atoms with E-state index in [1.54, 1.807) is 11.3 Å². The first-order valence-electron chi connectivity index (χ1n) is 8.28. The minimum Gasteiger partial charge on any atom is -0.371 e. The van der Waals surface area contributed by atoms with Gasteiger partial charge in [0, 0.05) is 18.8 Å². The summed E-state index contributed by atoms with van der Waals surface area (Å²) in [5.41, 5.74) is 2.21. The fourth-order valence-corrected chi connectivity index (χ4v) is 4.18. The fraction of sp³-hybridized carbons (Fsp3) is 0.529. The lowest BCUT2D eigenvalue weighted by Crippen LogP contribution is -2.22. The molecule has 1 amide bonds. The molecule has 0 aliphatic carbocycles. The summed E-state index contributed by atoms with van der Waals surface area (Å²) in [7, 11) is 0. The van der Waals surface area contributed by atoms with E-state index in [9.17, 15) is 4.79 Å². The van der Waals surface area contributed by atoms with Gasteiger partial charge in [0.25, 0.3) is 0 Å². The van der Waals surface area contributed by atoms with Gasteiger partial charge in [0.2, 0.25) is 5.91 Å². The molecule has 0 bridgehead atoms. The summed E-state index contributed by atoms with van der Waals surface area (Å²) in [4.78, 5) is 19.0. The van der Waals surface area contributed by atoms with Gasteiger partial charge in [0.05, 0.1) is 15.0 Å². The fourth-order valence-electron chi connectivity index (χ4n) is 2.84. The molecule has 6 heteroatoms. The van der Waals surface area contributed by atoms with Crippen molar-refractivity contribution in [3.05, 3.63) is 18.2 Å².